The molecule has 11 heteroatoms. The Morgan fingerprint density at radius 2 is 1.82 bits per heavy atom. The molecule has 44 heavy (non-hydrogen) atoms. The first kappa shape index (κ1) is 31.6. The molecule has 7 rings (SSSR count). The maximum atomic E-state index is 12.2. The highest BCUT2D eigenvalue weighted by atomic mass is 16.9. The summed E-state index contributed by atoms with van der Waals surface area (Å²) in [5, 5.41) is 35.7. The monoisotopic (exact) mass is 622 g/mol. The van der Waals surface area contributed by atoms with Crippen molar-refractivity contribution < 1.29 is 53.2 Å². The van der Waals surface area contributed by atoms with Gasteiger partial charge in [-0.1, -0.05) is 39.3 Å². The summed E-state index contributed by atoms with van der Waals surface area (Å²) >= 11 is 0. The second kappa shape index (κ2) is 10.8. The third kappa shape index (κ3) is 4.49. The molecule has 3 N–H and O–H groups in total. The maximum absolute atomic E-state index is 12.2. The molecule has 1 saturated carbocycles. The number of rotatable bonds is 8. The van der Waals surface area contributed by atoms with Crippen molar-refractivity contribution in [3.05, 3.63) is 22.8 Å². The zero-order valence-corrected chi connectivity index (χ0v) is 27.0. The summed E-state index contributed by atoms with van der Waals surface area (Å²) in [6, 6.07) is 0. The number of aliphatic hydroxyl groups excluding tert-OH is 2. The van der Waals surface area contributed by atoms with E-state index in [9.17, 15) is 15.3 Å². The highest BCUT2D eigenvalue weighted by Crippen LogP contribution is 2.59. The van der Waals surface area contributed by atoms with Crippen LogP contribution in [-0.4, -0.2) is 116 Å². The zero-order valence-electron chi connectivity index (χ0n) is 27.0. The Balaban J connectivity index is 1.25. The van der Waals surface area contributed by atoms with Crippen LogP contribution in [0.15, 0.2) is 22.8 Å². The Labute approximate surface area is 259 Å². The van der Waals surface area contributed by atoms with Crippen LogP contribution < -0.4 is 0 Å². The average molecular weight is 623 g/mol. The predicted octanol–water partition coefficient (Wildman–Crippen LogP) is 2.21. The summed E-state index contributed by atoms with van der Waals surface area (Å²) in [7, 11) is 3.19. The molecule has 0 aromatic carbocycles. The zero-order chi connectivity index (χ0) is 31.4. The molecule has 0 radical (unpaired) electrons. The number of hydrogen-bond acceptors (Lipinski definition) is 11. The van der Waals surface area contributed by atoms with Crippen molar-refractivity contribution in [2.75, 3.05) is 34.0 Å². The minimum atomic E-state index is -1.38. The number of ether oxygens (including phenoxy) is 8. The van der Waals surface area contributed by atoms with Crippen LogP contribution in [0.25, 0.3) is 0 Å². The van der Waals surface area contributed by atoms with Crippen molar-refractivity contribution in [3.8, 4) is 0 Å². The first-order valence-corrected chi connectivity index (χ1v) is 16.3. The molecule has 14 atom stereocenters. The van der Waals surface area contributed by atoms with Crippen LogP contribution in [0.2, 0.25) is 0 Å². The van der Waals surface area contributed by atoms with E-state index in [0.717, 1.165) is 30.4 Å². The lowest BCUT2D eigenvalue weighted by Crippen LogP contribution is -2.70. The highest BCUT2D eigenvalue weighted by Gasteiger charge is 2.77. The van der Waals surface area contributed by atoms with Crippen molar-refractivity contribution >= 4 is 0 Å². The Bertz CT molecular complexity index is 1200. The number of epoxide rings is 1. The summed E-state index contributed by atoms with van der Waals surface area (Å²) in [4.78, 5) is 0. The van der Waals surface area contributed by atoms with Crippen molar-refractivity contribution in [1.82, 2.24) is 0 Å². The van der Waals surface area contributed by atoms with Gasteiger partial charge in [0, 0.05) is 19.6 Å². The fourth-order valence-electron chi connectivity index (χ4n) is 9.18. The number of allylic oxidation sites excluding steroid dienone is 2. The summed E-state index contributed by atoms with van der Waals surface area (Å²) < 4.78 is 49.0. The van der Waals surface area contributed by atoms with Gasteiger partial charge in [-0.3, -0.25) is 0 Å². The van der Waals surface area contributed by atoms with Gasteiger partial charge in [0.15, 0.2) is 12.6 Å². The fraction of sp³-hybridized carbons (Fsp3) is 0.879. The molecule has 0 aromatic rings. The van der Waals surface area contributed by atoms with Crippen LogP contribution in [0.5, 0.6) is 0 Å². The Morgan fingerprint density at radius 1 is 1.07 bits per heavy atom. The summed E-state index contributed by atoms with van der Waals surface area (Å²) in [6.45, 7) is 11.3. The van der Waals surface area contributed by atoms with E-state index >= 15 is 0 Å². The predicted molar refractivity (Wildman–Crippen MR) is 155 cm³/mol. The van der Waals surface area contributed by atoms with E-state index in [-0.39, 0.29) is 37.1 Å². The molecule has 4 heterocycles. The normalized spacial score (nSPS) is 54.1. The molecular weight excluding hydrogens is 572 g/mol. The van der Waals surface area contributed by atoms with Gasteiger partial charge in [0.25, 0.3) is 0 Å². The smallest absolute Gasteiger partial charge is 0.230 e. The van der Waals surface area contributed by atoms with Crippen molar-refractivity contribution in [1.29, 1.82) is 0 Å². The topological polar surface area (TPSA) is 138 Å². The molecule has 248 valence electrons. The summed E-state index contributed by atoms with van der Waals surface area (Å²) in [5.41, 5.74) is 0.814. The van der Waals surface area contributed by atoms with Crippen LogP contribution in [0, 0.1) is 23.2 Å². The van der Waals surface area contributed by atoms with Gasteiger partial charge in [0.05, 0.1) is 25.9 Å². The van der Waals surface area contributed by atoms with Crippen LogP contribution in [-0.2, 0) is 37.9 Å². The van der Waals surface area contributed by atoms with Gasteiger partial charge in [-0.15, -0.1) is 0 Å². The van der Waals surface area contributed by atoms with E-state index in [1.165, 1.54) is 5.57 Å². The van der Waals surface area contributed by atoms with Crippen LogP contribution in [0.1, 0.15) is 60.3 Å². The molecule has 3 aliphatic carbocycles. The lowest BCUT2D eigenvalue weighted by Gasteiger charge is -2.50. The second-order valence-corrected chi connectivity index (χ2v) is 14.9. The molecule has 0 amide bonds. The first-order valence-electron chi connectivity index (χ1n) is 16.3. The van der Waals surface area contributed by atoms with Gasteiger partial charge >= 0.3 is 0 Å². The molecule has 5 fully saturated rings. The number of aliphatic hydroxyl groups is 3. The quantitative estimate of drug-likeness (QED) is 0.271. The largest absolute Gasteiger partial charge is 0.390 e. The summed E-state index contributed by atoms with van der Waals surface area (Å²) in [5.74, 6) is -1.45. The first-order chi connectivity index (χ1) is 20.8. The van der Waals surface area contributed by atoms with Gasteiger partial charge in [0.2, 0.25) is 5.79 Å². The van der Waals surface area contributed by atoms with E-state index in [2.05, 4.69) is 26.8 Å². The van der Waals surface area contributed by atoms with Crippen LogP contribution in [0.3, 0.4) is 0 Å². The lowest BCUT2D eigenvalue weighted by molar-refractivity contribution is -0.385. The molecular formula is C33H50O11. The van der Waals surface area contributed by atoms with E-state index in [4.69, 9.17) is 37.9 Å². The average Bonchev–Trinajstić information content (AvgIpc) is 3.48. The fourth-order valence-corrected chi connectivity index (χ4v) is 9.18. The van der Waals surface area contributed by atoms with Crippen LogP contribution in [0.4, 0.5) is 0 Å². The van der Waals surface area contributed by atoms with E-state index in [0.29, 0.717) is 13.0 Å². The lowest BCUT2D eigenvalue weighted by atomic mass is 9.68. The Morgan fingerprint density at radius 3 is 2.48 bits per heavy atom. The van der Waals surface area contributed by atoms with Crippen LogP contribution >= 0.6 is 0 Å². The van der Waals surface area contributed by atoms with E-state index in [1.54, 1.807) is 14.2 Å². The number of fused-ring (bicyclic) bond motifs is 3. The molecule has 11 nitrogen and oxygen atoms in total. The molecule has 1 spiro atoms. The second-order valence-electron chi connectivity index (χ2n) is 14.9. The van der Waals surface area contributed by atoms with Gasteiger partial charge in [-0.2, -0.15) is 0 Å². The molecule has 7 aliphatic rings. The highest BCUT2D eigenvalue weighted by molar-refractivity contribution is 5.42. The van der Waals surface area contributed by atoms with E-state index < -0.39 is 65.5 Å². The summed E-state index contributed by atoms with van der Waals surface area (Å²) in [6.07, 6.45) is -1.41. The number of hydrogen-bond donors (Lipinski definition) is 3. The Kier molecular flexibility index (Phi) is 7.75. The molecule has 4 unspecified atom stereocenters. The van der Waals surface area contributed by atoms with Crippen molar-refractivity contribution in [3.63, 3.8) is 0 Å². The third-order valence-electron chi connectivity index (χ3n) is 11.7. The van der Waals surface area contributed by atoms with Gasteiger partial charge in [-0.05, 0) is 61.5 Å². The van der Waals surface area contributed by atoms with Gasteiger partial charge in [-0.25, -0.2) is 0 Å². The minimum Gasteiger partial charge on any atom is -0.390 e. The third-order valence-corrected chi connectivity index (χ3v) is 11.7. The van der Waals surface area contributed by atoms with Gasteiger partial charge < -0.3 is 53.2 Å². The Hall–Kier alpha value is -0.960. The van der Waals surface area contributed by atoms with Crippen molar-refractivity contribution in [2.24, 2.45) is 23.2 Å². The minimum absolute atomic E-state index is 0.0440. The molecule has 4 aliphatic heterocycles. The van der Waals surface area contributed by atoms with Gasteiger partial charge in [0.1, 0.15) is 41.7 Å². The van der Waals surface area contributed by atoms with E-state index in [1.807, 2.05) is 13.8 Å². The molecule has 0 aromatic heterocycles. The number of methoxy groups -OCH3 is 2. The maximum Gasteiger partial charge on any atom is 0.230 e. The SMILES string of the molecule is COC[C@H]1O[C@H](O[C@@H]2C3=C(C(C)C)CC[C@]3(C)/C=C3\[C@@H](CC[C@]3(O)COC)[C@@H](C)[C@H]2O)[C@H](O)C2OC3OC21OC3(C)[C@@H]1CO1. The molecule has 4 saturated heterocycles. The standard InChI is InChI=1S/C33H50O11/c1-16(2)18-8-10-30(4)12-20-19(9-11-32(20,36)15-38-7)17(3)24(34)26(23(18)30)41-28-25(35)27-33(22(40-28)13-37-6)43-29(42-27)31(5,44-33)21-14-39-21/h12,16-17,19,21-22,24-29,34-36H,8-11,13-15H2,1-7H3/b20-12+/t17-,19+,21+,22-,24-,25-,26-,27?,28-,29?,30-,31?,32+,33?/m1/s1. The van der Waals surface area contributed by atoms with Crippen molar-refractivity contribution in [2.45, 2.75) is 126 Å². The molecule has 2 bridgehead atoms.